The molecule has 94 valence electrons. The number of ether oxygens (including phenoxy) is 1. The number of Topliss-reactive ketones (excluding diaryl/α,β-unsaturated/α-hetero) is 1. The molecular weight excluding hydrogens is 228 g/mol. The third-order valence-electron chi connectivity index (χ3n) is 2.64. The maximum absolute atomic E-state index is 11.5. The fourth-order valence-corrected chi connectivity index (χ4v) is 1.68. The number of H-pyrrole nitrogens is 1. The molecule has 1 aromatic carbocycles. The molecule has 0 saturated heterocycles. The van der Waals surface area contributed by atoms with E-state index < -0.39 is 0 Å². The Labute approximate surface area is 106 Å². The normalized spacial score (nSPS) is 10.3. The van der Waals surface area contributed by atoms with E-state index in [4.69, 9.17) is 4.74 Å². The van der Waals surface area contributed by atoms with Crippen molar-refractivity contribution in [1.82, 2.24) is 9.97 Å². The molecule has 0 radical (unpaired) electrons. The van der Waals surface area contributed by atoms with Crippen LogP contribution in [0.4, 0.5) is 0 Å². The number of nitrogens with one attached hydrogen (secondary N) is 1. The molecule has 0 amide bonds. The molecule has 0 aliphatic heterocycles. The molecular formula is C14H16N2O2. The molecule has 2 rings (SSSR count). The first-order chi connectivity index (χ1) is 8.74. The summed E-state index contributed by atoms with van der Waals surface area (Å²) in [5.41, 5.74) is 1.50. The van der Waals surface area contributed by atoms with Crippen LogP contribution in [-0.4, -0.2) is 22.4 Å². The topological polar surface area (TPSA) is 55.0 Å². The minimum absolute atomic E-state index is 0.0692. The maximum Gasteiger partial charge on any atom is 0.180 e. The van der Waals surface area contributed by atoms with E-state index in [2.05, 4.69) is 9.97 Å². The van der Waals surface area contributed by atoms with Crippen LogP contribution in [0.3, 0.4) is 0 Å². The maximum atomic E-state index is 11.5. The molecule has 0 aliphatic carbocycles. The van der Waals surface area contributed by atoms with E-state index >= 15 is 0 Å². The van der Waals surface area contributed by atoms with Gasteiger partial charge >= 0.3 is 0 Å². The fourth-order valence-electron chi connectivity index (χ4n) is 1.68. The van der Waals surface area contributed by atoms with Gasteiger partial charge in [-0.2, -0.15) is 0 Å². The van der Waals surface area contributed by atoms with Crippen molar-refractivity contribution in [2.45, 2.75) is 20.3 Å². The largest absolute Gasteiger partial charge is 0.494 e. The number of hydrogen-bond acceptors (Lipinski definition) is 3. The molecule has 1 aromatic heterocycles. The third-order valence-corrected chi connectivity index (χ3v) is 2.64. The lowest BCUT2D eigenvalue weighted by atomic mass is 10.2. The van der Waals surface area contributed by atoms with Gasteiger partial charge in [0.2, 0.25) is 0 Å². The van der Waals surface area contributed by atoms with E-state index in [1.165, 1.54) is 0 Å². The lowest BCUT2D eigenvalue weighted by Crippen LogP contribution is -1.96. The summed E-state index contributed by atoms with van der Waals surface area (Å²) in [5, 5.41) is 0. The van der Waals surface area contributed by atoms with Crippen molar-refractivity contribution in [2.24, 2.45) is 0 Å². The predicted octanol–water partition coefficient (Wildman–Crippen LogP) is 3.07. The van der Waals surface area contributed by atoms with Gasteiger partial charge in [0.15, 0.2) is 5.78 Å². The van der Waals surface area contributed by atoms with Crippen molar-refractivity contribution in [3.05, 3.63) is 36.2 Å². The molecule has 0 saturated carbocycles. The van der Waals surface area contributed by atoms with E-state index in [1.807, 2.05) is 38.1 Å². The molecule has 1 N–H and O–H groups in total. The number of aromatic amines is 1. The zero-order valence-electron chi connectivity index (χ0n) is 10.6. The molecule has 0 fully saturated rings. The van der Waals surface area contributed by atoms with Crippen LogP contribution in [-0.2, 0) is 0 Å². The van der Waals surface area contributed by atoms with Crippen LogP contribution in [0, 0.1) is 0 Å². The smallest absolute Gasteiger partial charge is 0.180 e. The van der Waals surface area contributed by atoms with E-state index in [-0.39, 0.29) is 5.78 Å². The van der Waals surface area contributed by atoms with Crippen molar-refractivity contribution in [1.29, 1.82) is 0 Å². The highest BCUT2D eigenvalue weighted by Gasteiger charge is 2.08. The molecule has 4 heteroatoms. The Balaban J connectivity index is 2.20. The molecule has 0 aliphatic rings. The summed E-state index contributed by atoms with van der Waals surface area (Å²) in [7, 11) is 0. The van der Waals surface area contributed by atoms with Crippen LogP contribution in [0.5, 0.6) is 5.75 Å². The number of aromatic nitrogens is 2. The van der Waals surface area contributed by atoms with Gasteiger partial charge in [-0.1, -0.05) is 6.92 Å². The second-order valence-corrected chi connectivity index (χ2v) is 3.88. The average Bonchev–Trinajstić information content (AvgIpc) is 2.89. The van der Waals surface area contributed by atoms with Gasteiger partial charge in [0.25, 0.3) is 0 Å². The Bertz CT molecular complexity index is 529. The zero-order chi connectivity index (χ0) is 13.0. The standard InChI is InChI=1S/C14H16N2O2/c1-3-13(17)12-9-15-14(16-12)10-5-7-11(8-6-10)18-4-2/h5-9H,3-4H2,1-2H3,(H,15,16). The van der Waals surface area contributed by atoms with Gasteiger partial charge in [-0.3, -0.25) is 4.79 Å². The van der Waals surface area contributed by atoms with E-state index in [0.717, 1.165) is 11.3 Å². The highest BCUT2D eigenvalue weighted by molar-refractivity contribution is 5.94. The van der Waals surface area contributed by atoms with Gasteiger partial charge < -0.3 is 9.72 Å². The Morgan fingerprint density at radius 1 is 1.28 bits per heavy atom. The van der Waals surface area contributed by atoms with Crippen molar-refractivity contribution in [2.75, 3.05) is 6.61 Å². The summed E-state index contributed by atoms with van der Waals surface area (Å²) in [5.74, 6) is 1.60. The van der Waals surface area contributed by atoms with E-state index in [9.17, 15) is 4.79 Å². The number of hydrogen-bond donors (Lipinski definition) is 1. The number of carbonyl (C=O) groups is 1. The number of ketones is 1. The fraction of sp³-hybridized carbons (Fsp3) is 0.286. The number of imidazole rings is 1. The van der Waals surface area contributed by atoms with Gasteiger partial charge in [0.05, 0.1) is 12.8 Å². The summed E-state index contributed by atoms with van der Waals surface area (Å²) in [6.07, 6.45) is 2.06. The Hall–Kier alpha value is -2.10. The molecule has 1 heterocycles. The monoisotopic (exact) mass is 244 g/mol. The second-order valence-electron chi connectivity index (χ2n) is 3.88. The lowest BCUT2D eigenvalue weighted by molar-refractivity contribution is 0.0984. The predicted molar refractivity (Wildman–Crippen MR) is 69.8 cm³/mol. The van der Waals surface area contributed by atoms with Gasteiger partial charge in [0.1, 0.15) is 17.3 Å². The van der Waals surface area contributed by atoms with Gasteiger partial charge in [-0.25, -0.2) is 4.98 Å². The van der Waals surface area contributed by atoms with Crippen molar-refractivity contribution >= 4 is 5.78 Å². The van der Waals surface area contributed by atoms with E-state index in [1.54, 1.807) is 6.20 Å². The first-order valence-corrected chi connectivity index (χ1v) is 6.06. The Kier molecular flexibility index (Phi) is 3.77. The summed E-state index contributed by atoms with van der Waals surface area (Å²) >= 11 is 0. The number of benzene rings is 1. The Morgan fingerprint density at radius 2 is 2.00 bits per heavy atom. The molecule has 2 aromatic rings. The second kappa shape index (κ2) is 5.49. The summed E-state index contributed by atoms with van der Waals surface area (Å²) < 4.78 is 5.37. The summed E-state index contributed by atoms with van der Waals surface area (Å²) in [6, 6.07) is 7.62. The molecule has 0 spiro atoms. The first-order valence-electron chi connectivity index (χ1n) is 6.06. The van der Waals surface area contributed by atoms with Crippen LogP contribution in [0.25, 0.3) is 11.4 Å². The quantitative estimate of drug-likeness (QED) is 0.822. The van der Waals surface area contributed by atoms with Crippen LogP contribution in [0.15, 0.2) is 30.5 Å². The van der Waals surface area contributed by atoms with Crippen LogP contribution in [0.2, 0.25) is 0 Å². The molecule has 0 unspecified atom stereocenters. The minimum Gasteiger partial charge on any atom is -0.494 e. The summed E-state index contributed by atoms with van der Waals surface area (Å²) in [6.45, 7) is 4.43. The van der Waals surface area contributed by atoms with Gasteiger partial charge in [-0.05, 0) is 31.2 Å². The average molecular weight is 244 g/mol. The van der Waals surface area contributed by atoms with Gasteiger partial charge in [0, 0.05) is 12.0 Å². The molecule has 0 bridgehead atoms. The number of nitrogens with zero attached hydrogens (tertiary/aromatic N) is 1. The zero-order valence-corrected chi connectivity index (χ0v) is 10.6. The number of rotatable bonds is 5. The van der Waals surface area contributed by atoms with Crippen molar-refractivity contribution in [3.8, 4) is 17.1 Å². The molecule has 0 atom stereocenters. The van der Waals surface area contributed by atoms with Gasteiger partial charge in [-0.15, -0.1) is 0 Å². The van der Waals surface area contributed by atoms with Crippen LogP contribution >= 0.6 is 0 Å². The molecule has 4 nitrogen and oxygen atoms in total. The minimum atomic E-state index is 0.0692. The first kappa shape index (κ1) is 12.4. The van der Waals surface area contributed by atoms with Crippen molar-refractivity contribution in [3.63, 3.8) is 0 Å². The highest BCUT2D eigenvalue weighted by atomic mass is 16.5. The van der Waals surface area contributed by atoms with Crippen LogP contribution in [0.1, 0.15) is 30.8 Å². The van der Waals surface area contributed by atoms with Crippen molar-refractivity contribution < 1.29 is 9.53 Å². The third kappa shape index (κ3) is 2.59. The SMILES string of the molecule is CCOc1ccc(-c2ncc(C(=O)CC)[nH]2)cc1. The van der Waals surface area contributed by atoms with E-state index in [0.29, 0.717) is 24.5 Å². The highest BCUT2D eigenvalue weighted by Crippen LogP contribution is 2.20. The number of carbonyl (C=O) groups excluding carboxylic acids is 1. The molecule has 18 heavy (non-hydrogen) atoms. The summed E-state index contributed by atoms with van der Waals surface area (Å²) in [4.78, 5) is 18.8. The Morgan fingerprint density at radius 3 is 2.61 bits per heavy atom. The van der Waals surface area contributed by atoms with Crippen LogP contribution < -0.4 is 4.74 Å². The lowest BCUT2D eigenvalue weighted by Gasteiger charge is -2.03.